The van der Waals surface area contributed by atoms with E-state index in [-0.39, 0.29) is 16.1 Å². The Morgan fingerprint density at radius 1 is 1.25 bits per heavy atom. The Labute approximate surface area is 122 Å². The van der Waals surface area contributed by atoms with Crippen LogP contribution >= 0.6 is 11.6 Å². The minimum absolute atomic E-state index is 0.0246. The van der Waals surface area contributed by atoms with E-state index >= 15 is 0 Å². The van der Waals surface area contributed by atoms with Crippen LogP contribution in [0, 0.1) is 18.6 Å². The number of piperazine rings is 1. The molecule has 20 heavy (non-hydrogen) atoms. The molecular weight excluding hydrogens is 286 g/mol. The Morgan fingerprint density at radius 3 is 2.40 bits per heavy atom. The van der Waals surface area contributed by atoms with Gasteiger partial charge in [-0.3, -0.25) is 4.79 Å². The molecule has 1 heterocycles. The monoisotopic (exact) mass is 302 g/mol. The van der Waals surface area contributed by atoms with Gasteiger partial charge in [-0.05, 0) is 19.5 Å². The Kier molecular flexibility index (Phi) is 4.60. The van der Waals surface area contributed by atoms with E-state index in [0.717, 1.165) is 19.6 Å². The topological polar surface area (TPSA) is 23.6 Å². The molecule has 2 rings (SSSR count). The number of carbonyl (C=O) groups is 1. The van der Waals surface area contributed by atoms with Crippen LogP contribution in [0.1, 0.15) is 22.8 Å². The summed E-state index contributed by atoms with van der Waals surface area (Å²) in [4.78, 5) is 16.0. The maximum absolute atomic E-state index is 13.9. The van der Waals surface area contributed by atoms with E-state index in [1.807, 2.05) is 6.92 Å². The lowest BCUT2D eigenvalue weighted by molar-refractivity contribution is 0.0637. The maximum Gasteiger partial charge on any atom is 0.257 e. The minimum atomic E-state index is -1.12. The number of benzene rings is 1. The van der Waals surface area contributed by atoms with E-state index in [0.29, 0.717) is 13.1 Å². The molecule has 0 atom stereocenters. The lowest BCUT2D eigenvalue weighted by atomic mass is 10.1. The number of hydrogen-bond acceptors (Lipinski definition) is 2. The van der Waals surface area contributed by atoms with Crippen molar-refractivity contribution in [2.24, 2.45) is 0 Å². The van der Waals surface area contributed by atoms with Gasteiger partial charge in [0.15, 0.2) is 11.6 Å². The first-order chi connectivity index (χ1) is 9.45. The van der Waals surface area contributed by atoms with Crippen molar-refractivity contribution in [2.75, 3.05) is 32.7 Å². The highest BCUT2D eigenvalue weighted by atomic mass is 35.5. The average molecular weight is 303 g/mol. The SMILES string of the molecule is CCN1CCN(C(=O)c2cc(Cl)c(C)c(F)c2F)CC1. The third kappa shape index (κ3) is 2.79. The van der Waals surface area contributed by atoms with Crippen molar-refractivity contribution >= 4 is 17.5 Å². The Balaban J connectivity index is 2.22. The first kappa shape index (κ1) is 15.2. The highest BCUT2D eigenvalue weighted by molar-refractivity contribution is 6.31. The van der Waals surface area contributed by atoms with Crippen LogP contribution in [0.3, 0.4) is 0 Å². The fourth-order valence-corrected chi connectivity index (χ4v) is 2.47. The van der Waals surface area contributed by atoms with Gasteiger partial charge < -0.3 is 9.80 Å². The quantitative estimate of drug-likeness (QED) is 0.784. The molecule has 0 aromatic heterocycles. The molecule has 1 amide bonds. The first-order valence-electron chi connectivity index (χ1n) is 6.61. The van der Waals surface area contributed by atoms with E-state index in [1.165, 1.54) is 17.9 Å². The van der Waals surface area contributed by atoms with Crippen molar-refractivity contribution in [3.63, 3.8) is 0 Å². The van der Waals surface area contributed by atoms with Crippen LogP contribution in [0.15, 0.2) is 6.07 Å². The first-order valence-corrected chi connectivity index (χ1v) is 6.99. The summed E-state index contributed by atoms with van der Waals surface area (Å²) in [6, 6.07) is 1.21. The summed E-state index contributed by atoms with van der Waals surface area (Å²) in [5.41, 5.74) is -0.264. The van der Waals surface area contributed by atoms with E-state index in [1.54, 1.807) is 0 Å². The smallest absolute Gasteiger partial charge is 0.257 e. The zero-order chi connectivity index (χ0) is 14.9. The zero-order valence-corrected chi connectivity index (χ0v) is 12.3. The second-order valence-electron chi connectivity index (χ2n) is 4.89. The molecule has 0 N–H and O–H groups in total. The molecule has 6 heteroatoms. The molecule has 110 valence electrons. The second-order valence-corrected chi connectivity index (χ2v) is 5.29. The molecule has 1 saturated heterocycles. The van der Waals surface area contributed by atoms with Crippen molar-refractivity contribution in [1.82, 2.24) is 9.80 Å². The highest BCUT2D eigenvalue weighted by Crippen LogP contribution is 2.25. The van der Waals surface area contributed by atoms with Gasteiger partial charge in [0.1, 0.15) is 0 Å². The molecule has 0 saturated carbocycles. The Hall–Kier alpha value is -1.20. The maximum atomic E-state index is 13.9. The highest BCUT2D eigenvalue weighted by Gasteiger charge is 2.26. The van der Waals surface area contributed by atoms with Gasteiger partial charge in [-0.15, -0.1) is 0 Å². The molecular formula is C14H17ClF2N2O. The number of halogens is 3. The molecule has 1 aliphatic heterocycles. The third-order valence-electron chi connectivity index (χ3n) is 3.72. The molecule has 0 unspecified atom stereocenters. The fraction of sp³-hybridized carbons (Fsp3) is 0.500. The van der Waals surface area contributed by atoms with Gasteiger partial charge in [0.05, 0.1) is 5.56 Å². The lowest BCUT2D eigenvalue weighted by Gasteiger charge is -2.34. The summed E-state index contributed by atoms with van der Waals surface area (Å²) in [5.74, 6) is -2.66. The number of amides is 1. The molecule has 1 aromatic carbocycles. The summed E-state index contributed by atoms with van der Waals surface area (Å²) in [7, 11) is 0. The van der Waals surface area contributed by atoms with Crippen molar-refractivity contribution in [1.29, 1.82) is 0 Å². The van der Waals surface area contributed by atoms with Gasteiger partial charge in [0, 0.05) is 36.8 Å². The predicted molar refractivity (Wildman–Crippen MR) is 74.1 cm³/mol. The van der Waals surface area contributed by atoms with Gasteiger partial charge in [-0.25, -0.2) is 8.78 Å². The van der Waals surface area contributed by atoms with Crippen LogP contribution in [0.25, 0.3) is 0 Å². The van der Waals surface area contributed by atoms with Crippen LogP contribution in [-0.2, 0) is 0 Å². The number of rotatable bonds is 2. The number of carbonyl (C=O) groups excluding carboxylic acids is 1. The Morgan fingerprint density at radius 2 is 1.85 bits per heavy atom. The van der Waals surface area contributed by atoms with Crippen molar-refractivity contribution in [2.45, 2.75) is 13.8 Å². The largest absolute Gasteiger partial charge is 0.336 e. The third-order valence-corrected chi connectivity index (χ3v) is 4.12. The van der Waals surface area contributed by atoms with E-state index in [9.17, 15) is 13.6 Å². The Bertz CT molecular complexity index is 528. The van der Waals surface area contributed by atoms with Gasteiger partial charge in [-0.2, -0.15) is 0 Å². The molecule has 0 aliphatic carbocycles. The summed E-state index contributed by atoms with van der Waals surface area (Å²) in [6.45, 7) is 6.86. The molecule has 3 nitrogen and oxygen atoms in total. The van der Waals surface area contributed by atoms with Crippen LogP contribution < -0.4 is 0 Å². The molecule has 0 radical (unpaired) electrons. The summed E-state index contributed by atoms with van der Waals surface area (Å²) >= 11 is 5.83. The van der Waals surface area contributed by atoms with E-state index in [4.69, 9.17) is 11.6 Å². The second kappa shape index (κ2) is 6.06. The van der Waals surface area contributed by atoms with Gasteiger partial charge >= 0.3 is 0 Å². The minimum Gasteiger partial charge on any atom is -0.336 e. The lowest BCUT2D eigenvalue weighted by Crippen LogP contribution is -2.48. The van der Waals surface area contributed by atoms with Crippen molar-refractivity contribution in [3.8, 4) is 0 Å². The number of likely N-dealkylation sites (N-methyl/N-ethyl adjacent to an activating group) is 1. The number of hydrogen-bond donors (Lipinski definition) is 0. The standard InChI is InChI=1S/C14H17ClF2N2O/c1-3-18-4-6-19(7-5-18)14(20)10-8-11(15)9(2)12(16)13(10)17/h8H,3-7H2,1-2H3. The van der Waals surface area contributed by atoms with Gasteiger partial charge in [-0.1, -0.05) is 18.5 Å². The van der Waals surface area contributed by atoms with Crippen LogP contribution in [0.5, 0.6) is 0 Å². The molecule has 0 bridgehead atoms. The number of nitrogens with zero attached hydrogens (tertiary/aromatic N) is 2. The average Bonchev–Trinajstić information content (AvgIpc) is 2.48. The summed E-state index contributed by atoms with van der Waals surface area (Å²) in [5, 5.41) is 0.0689. The van der Waals surface area contributed by atoms with Crippen LogP contribution in [0.2, 0.25) is 5.02 Å². The summed E-state index contributed by atoms with van der Waals surface area (Å²) in [6.07, 6.45) is 0. The molecule has 1 aromatic rings. The normalized spacial score (nSPS) is 16.6. The zero-order valence-electron chi connectivity index (χ0n) is 11.5. The fourth-order valence-electron chi connectivity index (χ4n) is 2.28. The predicted octanol–water partition coefficient (Wildman–Crippen LogP) is 2.70. The molecule has 0 spiro atoms. The molecule has 1 aliphatic rings. The van der Waals surface area contributed by atoms with Crippen LogP contribution in [-0.4, -0.2) is 48.4 Å². The van der Waals surface area contributed by atoms with E-state index in [2.05, 4.69) is 4.90 Å². The van der Waals surface area contributed by atoms with E-state index < -0.39 is 17.5 Å². The van der Waals surface area contributed by atoms with Crippen molar-refractivity contribution < 1.29 is 13.6 Å². The molecule has 1 fully saturated rings. The van der Waals surface area contributed by atoms with Gasteiger partial charge in [0.2, 0.25) is 0 Å². The summed E-state index contributed by atoms with van der Waals surface area (Å²) < 4.78 is 27.6. The van der Waals surface area contributed by atoms with Gasteiger partial charge in [0.25, 0.3) is 5.91 Å². The van der Waals surface area contributed by atoms with Crippen LogP contribution in [0.4, 0.5) is 8.78 Å². The van der Waals surface area contributed by atoms with Crippen molar-refractivity contribution in [3.05, 3.63) is 33.9 Å².